The van der Waals surface area contributed by atoms with Crippen LogP contribution < -0.4 is 10.1 Å². The zero-order valence-electron chi connectivity index (χ0n) is 15.2. The predicted molar refractivity (Wildman–Crippen MR) is 109 cm³/mol. The highest BCUT2D eigenvalue weighted by Crippen LogP contribution is 2.32. The van der Waals surface area contributed by atoms with Gasteiger partial charge in [-0.25, -0.2) is 8.42 Å². The molecule has 9 heteroatoms. The summed E-state index contributed by atoms with van der Waals surface area (Å²) in [6.45, 7) is 0. The number of sulfone groups is 1. The molecule has 1 amide bonds. The van der Waals surface area contributed by atoms with Gasteiger partial charge in [0.15, 0.2) is 15.5 Å². The molecular formula is C19H19N3O4S2. The quantitative estimate of drug-likeness (QED) is 0.688. The lowest BCUT2D eigenvalue weighted by Crippen LogP contribution is -2.16. The third kappa shape index (κ3) is 3.67. The third-order valence-corrected chi connectivity index (χ3v) is 7.29. The van der Waals surface area contributed by atoms with Crippen molar-refractivity contribution >= 4 is 32.8 Å². The second-order valence-electron chi connectivity index (χ2n) is 6.55. The number of nitrogens with one attached hydrogen (secondary N) is 1. The van der Waals surface area contributed by atoms with Gasteiger partial charge in [0, 0.05) is 0 Å². The van der Waals surface area contributed by atoms with Crippen LogP contribution in [0.2, 0.25) is 0 Å². The van der Waals surface area contributed by atoms with Crippen LogP contribution in [0.1, 0.15) is 23.0 Å². The van der Waals surface area contributed by atoms with E-state index in [1.54, 1.807) is 28.9 Å². The van der Waals surface area contributed by atoms with E-state index in [0.29, 0.717) is 17.9 Å². The first-order valence-corrected chi connectivity index (χ1v) is 11.4. The fourth-order valence-corrected chi connectivity index (χ4v) is 5.72. The van der Waals surface area contributed by atoms with Gasteiger partial charge in [0.2, 0.25) is 0 Å². The number of hydrogen-bond acceptors (Lipinski definition) is 6. The van der Waals surface area contributed by atoms with Crippen LogP contribution in [-0.4, -0.2) is 42.7 Å². The number of carbonyl (C=O) groups excluding carboxylic acids is 1. The first kappa shape index (κ1) is 18.7. The number of methoxy groups -OCH3 is 1. The molecule has 0 saturated carbocycles. The molecule has 1 N–H and O–H groups in total. The normalized spacial score (nSPS) is 18.1. The number of benzene rings is 1. The number of ether oxygens (including phenoxy) is 1. The number of rotatable bonds is 5. The number of nitrogens with zero attached hydrogens (tertiary/aromatic N) is 2. The molecule has 146 valence electrons. The molecule has 0 aliphatic carbocycles. The summed E-state index contributed by atoms with van der Waals surface area (Å²) >= 11 is 1.52. The summed E-state index contributed by atoms with van der Waals surface area (Å²) in [5, 5.41) is 9.22. The predicted octanol–water partition coefficient (Wildman–Crippen LogP) is 3.23. The molecule has 1 aromatic carbocycles. The third-order valence-electron chi connectivity index (χ3n) is 4.65. The molecule has 2 aromatic heterocycles. The van der Waals surface area contributed by atoms with Crippen molar-refractivity contribution in [3.63, 3.8) is 0 Å². The maximum Gasteiger partial charge on any atom is 0.276 e. The van der Waals surface area contributed by atoms with Crippen molar-refractivity contribution in [1.82, 2.24) is 9.78 Å². The van der Waals surface area contributed by atoms with Gasteiger partial charge in [-0.1, -0.05) is 18.2 Å². The number of aromatic nitrogens is 2. The van der Waals surface area contributed by atoms with Crippen LogP contribution in [0.4, 0.5) is 5.69 Å². The largest absolute Gasteiger partial charge is 0.495 e. The summed E-state index contributed by atoms with van der Waals surface area (Å²) < 4.78 is 30.8. The highest BCUT2D eigenvalue weighted by molar-refractivity contribution is 7.91. The van der Waals surface area contributed by atoms with E-state index in [0.717, 1.165) is 10.6 Å². The molecule has 1 unspecified atom stereocenters. The minimum absolute atomic E-state index is 0.0423. The molecule has 3 heterocycles. The Hall–Kier alpha value is -2.65. The number of amides is 1. The Morgan fingerprint density at radius 1 is 1.29 bits per heavy atom. The van der Waals surface area contributed by atoms with E-state index in [-0.39, 0.29) is 29.1 Å². The fraction of sp³-hybridized carbons (Fsp3) is 0.263. The Morgan fingerprint density at radius 3 is 2.79 bits per heavy atom. The minimum Gasteiger partial charge on any atom is -0.495 e. The fourth-order valence-electron chi connectivity index (χ4n) is 3.29. The van der Waals surface area contributed by atoms with Gasteiger partial charge in [0.1, 0.15) is 5.75 Å². The van der Waals surface area contributed by atoms with Crippen LogP contribution in [0.5, 0.6) is 5.75 Å². The molecule has 7 nitrogen and oxygen atoms in total. The van der Waals surface area contributed by atoms with Gasteiger partial charge < -0.3 is 10.1 Å². The van der Waals surface area contributed by atoms with E-state index in [4.69, 9.17) is 4.74 Å². The Morgan fingerprint density at radius 2 is 2.11 bits per heavy atom. The molecule has 0 spiro atoms. The average Bonchev–Trinajstić information content (AvgIpc) is 3.40. The van der Waals surface area contributed by atoms with Crippen molar-refractivity contribution in [3.8, 4) is 16.3 Å². The van der Waals surface area contributed by atoms with Crippen LogP contribution >= 0.6 is 11.3 Å². The summed E-state index contributed by atoms with van der Waals surface area (Å²) in [6, 6.07) is 12.4. The van der Waals surface area contributed by atoms with Crippen molar-refractivity contribution in [3.05, 3.63) is 53.5 Å². The number of hydrogen-bond donors (Lipinski definition) is 1. The minimum atomic E-state index is -3.07. The topological polar surface area (TPSA) is 90.3 Å². The van der Waals surface area contributed by atoms with E-state index in [1.165, 1.54) is 18.4 Å². The van der Waals surface area contributed by atoms with E-state index in [2.05, 4.69) is 10.4 Å². The molecule has 0 bridgehead atoms. The number of para-hydroxylation sites is 2. The molecular weight excluding hydrogens is 398 g/mol. The Bertz CT molecular complexity index is 1100. The maximum atomic E-state index is 12.8. The van der Waals surface area contributed by atoms with Crippen molar-refractivity contribution in [2.75, 3.05) is 23.9 Å². The monoisotopic (exact) mass is 417 g/mol. The highest BCUT2D eigenvalue weighted by Gasteiger charge is 2.32. The zero-order valence-corrected chi connectivity index (χ0v) is 16.8. The van der Waals surface area contributed by atoms with Gasteiger partial charge in [0.05, 0.1) is 40.9 Å². The van der Waals surface area contributed by atoms with Gasteiger partial charge in [-0.3, -0.25) is 9.48 Å². The molecule has 1 fully saturated rings. The van der Waals surface area contributed by atoms with Gasteiger partial charge in [-0.05, 0) is 36.1 Å². The van der Waals surface area contributed by atoms with Crippen LogP contribution in [0, 0.1) is 0 Å². The molecule has 1 aliphatic heterocycles. The van der Waals surface area contributed by atoms with Gasteiger partial charge in [-0.2, -0.15) is 5.10 Å². The lowest BCUT2D eigenvalue weighted by Gasteiger charge is -2.12. The Balaban J connectivity index is 1.68. The van der Waals surface area contributed by atoms with E-state index in [9.17, 15) is 13.2 Å². The smallest absolute Gasteiger partial charge is 0.276 e. The summed E-state index contributed by atoms with van der Waals surface area (Å²) in [7, 11) is -1.54. The standard InChI is InChI=1S/C19H19N3O4S2/c1-26-17-6-3-2-5-14(17)20-19(23)15-11-16(18-7-4-9-27-18)22(21-15)13-8-10-28(24,25)12-13/h2-7,9,11,13H,8,10,12H2,1H3,(H,20,23). The second kappa shape index (κ2) is 7.40. The van der Waals surface area contributed by atoms with Crippen molar-refractivity contribution in [1.29, 1.82) is 0 Å². The lowest BCUT2D eigenvalue weighted by atomic mass is 10.2. The summed E-state index contributed by atoms with van der Waals surface area (Å²) in [5.41, 5.74) is 1.53. The molecule has 1 aliphatic rings. The van der Waals surface area contributed by atoms with Crippen LogP contribution in [0.3, 0.4) is 0 Å². The second-order valence-corrected chi connectivity index (χ2v) is 9.72. The number of thiophene rings is 1. The van der Waals surface area contributed by atoms with Crippen LogP contribution in [0.25, 0.3) is 10.6 Å². The number of anilines is 1. The summed E-state index contributed by atoms with van der Waals surface area (Å²) in [4.78, 5) is 13.7. The maximum absolute atomic E-state index is 12.8. The van der Waals surface area contributed by atoms with Crippen LogP contribution in [-0.2, 0) is 9.84 Å². The Kier molecular flexibility index (Phi) is 4.94. The van der Waals surface area contributed by atoms with E-state index >= 15 is 0 Å². The van der Waals surface area contributed by atoms with Crippen molar-refractivity contribution < 1.29 is 17.9 Å². The van der Waals surface area contributed by atoms with Gasteiger partial charge >= 0.3 is 0 Å². The molecule has 4 rings (SSSR count). The highest BCUT2D eigenvalue weighted by atomic mass is 32.2. The van der Waals surface area contributed by atoms with Gasteiger partial charge in [-0.15, -0.1) is 11.3 Å². The molecule has 1 atom stereocenters. The van der Waals surface area contributed by atoms with Crippen molar-refractivity contribution in [2.45, 2.75) is 12.5 Å². The average molecular weight is 418 g/mol. The molecule has 0 radical (unpaired) electrons. The van der Waals surface area contributed by atoms with E-state index in [1.807, 2.05) is 23.6 Å². The molecule has 1 saturated heterocycles. The first-order valence-electron chi connectivity index (χ1n) is 8.75. The van der Waals surface area contributed by atoms with Gasteiger partial charge in [0.25, 0.3) is 5.91 Å². The number of carbonyl (C=O) groups is 1. The van der Waals surface area contributed by atoms with Crippen molar-refractivity contribution in [2.24, 2.45) is 0 Å². The molecule has 3 aromatic rings. The first-order chi connectivity index (χ1) is 13.5. The Labute approximate surface area is 166 Å². The molecule has 28 heavy (non-hydrogen) atoms. The SMILES string of the molecule is COc1ccccc1NC(=O)c1cc(-c2cccs2)n(C2CCS(=O)(=O)C2)n1. The van der Waals surface area contributed by atoms with E-state index < -0.39 is 9.84 Å². The zero-order chi connectivity index (χ0) is 19.7. The summed E-state index contributed by atoms with van der Waals surface area (Å²) in [6.07, 6.45) is 0.496. The summed E-state index contributed by atoms with van der Waals surface area (Å²) in [5.74, 6) is 0.364. The van der Waals surface area contributed by atoms with Crippen LogP contribution in [0.15, 0.2) is 47.8 Å². The lowest BCUT2D eigenvalue weighted by molar-refractivity contribution is 0.102.